The maximum atomic E-state index is 13.5. The van der Waals surface area contributed by atoms with Gasteiger partial charge < -0.3 is 10.6 Å². The van der Waals surface area contributed by atoms with Crippen molar-refractivity contribution in [3.05, 3.63) is 35.4 Å². The number of benzene rings is 1. The summed E-state index contributed by atoms with van der Waals surface area (Å²) in [6, 6.07) is 3.62. The van der Waals surface area contributed by atoms with E-state index in [9.17, 15) is 13.6 Å². The standard InChI is InChI=1S/C15H20F2N2O/c1-15(6-3-7-18-9-15)10-19-14(20)8-11-12(16)4-2-5-13(11)17/h2,4-5,18H,3,6-10H2,1H3,(H,19,20). The Labute approximate surface area is 117 Å². The second-order valence-electron chi connectivity index (χ2n) is 5.74. The molecule has 0 spiro atoms. The molecule has 0 aliphatic carbocycles. The number of piperidine rings is 1. The summed E-state index contributed by atoms with van der Waals surface area (Å²) in [6.07, 6.45) is 1.85. The summed E-state index contributed by atoms with van der Waals surface area (Å²) in [5, 5.41) is 6.08. The second kappa shape index (κ2) is 6.31. The van der Waals surface area contributed by atoms with Crippen LogP contribution in [0.5, 0.6) is 0 Å². The molecule has 0 bridgehead atoms. The van der Waals surface area contributed by atoms with Gasteiger partial charge in [-0.15, -0.1) is 0 Å². The van der Waals surface area contributed by atoms with Gasteiger partial charge in [-0.2, -0.15) is 0 Å². The van der Waals surface area contributed by atoms with Gasteiger partial charge in [0.25, 0.3) is 0 Å². The summed E-state index contributed by atoms with van der Waals surface area (Å²) in [5.74, 6) is -1.70. The molecule has 1 saturated heterocycles. The Morgan fingerprint density at radius 1 is 1.40 bits per heavy atom. The third-order valence-electron chi connectivity index (χ3n) is 3.80. The van der Waals surface area contributed by atoms with Crippen LogP contribution in [-0.2, 0) is 11.2 Å². The average molecular weight is 282 g/mol. The Balaban J connectivity index is 1.89. The molecule has 1 aliphatic rings. The third kappa shape index (κ3) is 3.76. The maximum Gasteiger partial charge on any atom is 0.224 e. The summed E-state index contributed by atoms with van der Waals surface area (Å²) in [7, 11) is 0. The fourth-order valence-electron chi connectivity index (χ4n) is 2.51. The number of carbonyl (C=O) groups excluding carboxylic acids is 1. The van der Waals surface area contributed by atoms with E-state index < -0.39 is 11.6 Å². The minimum absolute atomic E-state index is 0.0156. The number of rotatable bonds is 4. The lowest BCUT2D eigenvalue weighted by Crippen LogP contribution is -2.46. The molecule has 0 radical (unpaired) electrons. The number of nitrogens with one attached hydrogen (secondary N) is 2. The van der Waals surface area contributed by atoms with Crippen molar-refractivity contribution in [2.24, 2.45) is 5.41 Å². The molecule has 1 fully saturated rings. The van der Waals surface area contributed by atoms with Crippen LogP contribution in [0.15, 0.2) is 18.2 Å². The molecule has 1 amide bonds. The SMILES string of the molecule is CC1(CNC(=O)Cc2c(F)cccc2F)CCCNC1. The molecule has 1 atom stereocenters. The molecule has 110 valence electrons. The van der Waals surface area contributed by atoms with Crippen molar-refractivity contribution in [1.82, 2.24) is 10.6 Å². The van der Waals surface area contributed by atoms with Crippen molar-refractivity contribution < 1.29 is 13.6 Å². The molecule has 1 unspecified atom stereocenters. The van der Waals surface area contributed by atoms with Crippen LogP contribution in [0.25, 0.3) is 0 Å². The normalized spacial score (nSPS) is 22.6. The summed E-state index contributed by atoms with van der Waals surface area (Å²) < 4.78 is 26.9. The largest absolute Gasteiger partial charge is 0.355 e. The van der Waals surface area contributed by atoms with E-state index in [-0.39, 0.29) is 23.3 Å². The second-order valence-corrected chi connectivity index (χ2v) is 5.74. The maximum absolute atomic E-state index is 13.5. The van der Waals surface area contributed by atoms with Crippen molar-refractivity contribution >= 4 is 5.91 Å². The van der Waals surface area contributed by atoms with E-state index in [1.54, 1.807) is 0 Å². The van der Waals surface area contributed by atoms with Crippen LogP contribution in [0, 0.1) is 17.0 Å². The minimum Gasteiger partial charge on any atom is -0.355 e. The van der Waals surface area contributed by atoms with Crippen LogP contribution in [-0.4, -0.2) is 25.5 Å². The number of hydrogen-bond acceptors (Lipinski definition) is 2. The lowest BCUT2D eigenvalue weighted by atomic mass is 9.83. The Hall–Kier alpha value is -1.49. The molecular weight excluding hydrogens is 262 g/mol. The van der Waals surface area contributed by atoms with Crippen molar-refractivity contribution in [3.63, 3.8) is 0 Å². The Morgan fingerprint density at radius 3 is 2.70 bits per heavy atom. The van der Waals surface area contributed by atoms with Gasteiger partial charge in [0, 0.05) is 18.7 Å². The molecule has 0 aromatic heterocycles. The van der Waals surface area contributed by atoms with Crippen molar-refractivity contribution in [1.29, 1.82) is 0 Å². The van der Waals surface area contributed by atoms with Crippen molar-refractivity contribution in [2.45, 2.75) is 26.2 Å². The Kier molecular flexibility index (Phi) is 4.70. The first-order valence-corrected chi connectivity index (χ1v) is 6.90. The molecule has 1 aromatic rings. The van der Waals surface area contributed by atoms with Crippen LogP contribution < -0.4 is 10.6 Å². The highest BCUT2D eigenvalue weighted by atomic mass is 19.1. The van der Waals surface area contributed by atoms with Gasteiger partial charge in [0.05, 0.1) is 6.42 Å². The topological polar surface area (TPSA) is 41.1 Å². The fourth-order valence-corrected chi connectivity index (χ4v) is 2.51. The zero-order valence-electron chi connectivity index (χ0n) is 11.6. The summed E-state index contributed by atoms with van der Waals surface area (Å²) in [5.41, 5.74) is -0.154. The highest BCUT2D eigenvalue weighted by molar-refractivity contribution is 5.78. The molecule has 0 saturated carbocycles. The van der Waals surface area contributed by atoms with E-state index in [4.69, 9.17) is 0 Å². The van der Waals surface area contributed by atoms with E-state index in [2.05, 4.69) is 17.6 Å². The zero-order valence-corrected chi connectivity index (χ0v) is 11.6. The van der Waals surface area contributed by atoms with Gasteiger partial charge in [-0.05, 0) is 36.9 Å². The van der Waals surface area contributed by atoms with Crippen LogP contribution in [0.1, 0.15) is 25.3 Å². The average Bonchev–Trinajstić information content (AvgIpc) is 2.42. The van der Waals surface area contributed by atoms with Gasteiger partial charge in [-0.3, -0.25) is 4.79 Å². The predicted molar refractivity (Wildman–Crippen MR) is 73.3 cm³/mol. The molecule has 5 heteroatoms. The minimum atomic E-state index is -0.675. The fraction of sp³-hybridized carbons (Fsp3) is 0.533. The highest BCUT2D eigenvalue weighted by Gasteiger charge is 2.27. The molecule has 3 nitrogen and oxygen atoms in total. The summed E-state index contributed by atoms with van der Waals surface area (Å²) in [6.45, 7) is 4.48. The van der Waals surface area contributed by atoms with Crippen LogP contribution >= 0.6 is 0 Å². The predicted octanol–water partition coefficient (Wildman–Crippen LogP) is 2.01. The lowest BCUT2D eigenvalue weighted by Gasteiger charge is -2.34. The first-order valence-electron chi connectivity index (χ1n) is 6.90. The van der Waals surface area contributed by atoms with Gasteiger partial charge in [0.2, 0.25) is 5.91 Å². The Morgan fingerprint density at radius 2 is 2.10 bits per heavy atom. The van der Waals surface area contributed by atoms with Gasteiger partial charge in [0.1, 0.15) is 11.6 Å². The van der Waals surface area contributed by atoms with E-state index in [0.717, 1.165) is 38.1 Å². The third-order valence-corrected chi connectivity index (χ3v) is 3.80. The summed E-state index contributed by atoms with van der Waals surface area (Å²) in [4.78, 5) is 11.8. The summed E-state index contributed by atoms with van der Waals surface area (Å²) >= 11 is 0. The first kappa shape index (κ1) is 14.9. The Bertz CT molecular complexity index is 465. The van der Waals surface area contributed by atoms with E-state index in [1.807, 2.05) is 0 Å². The van der Waals surface area contributed by atoms with Gasteiger partial charge >= 0.3 is 0 Å². The van der Waals surface area contributed by atoms with Crippen LogP contribution in [0.2, 0.25) is 0 Å². The van der Waals surface area contributed by atoms with Gasteiger partial charge in [-0.1, -0.05) is 13.0 Å². The van der Waals surface area contributed by atoms with Crippen LogP contribution in [0.4, 0.5) is 8.78 Å². The number of carbonyl (C=O) groups is 1. The molecular formula is C15H20F2N2O. The molecule has 1 heterocycles. The smallest absolute Gasteiger partial charge is 0.224 e. The van der Waals surface area contributed by atoms with Crippen LogP contribution in [0.3, 0.4) is 0 Å². The van der Waals surface area contributed by atoms with Crippen molar-refractivity contribution in [2.75, 3.05) is 19.6 Å². The zero-order chi connectivity index (χ0) is 14.6. The molecule has 1 aliphatic heterocycles. The molecule has 1 aromatic carbocycles. The van der Waals surface area contributed by atoms with Gasteiger partial charge in [0.15, 0.2) is 0 Å². The number of halogens is 2. The van der Waals surface area contributed by atoms with Gasteiger partial charge in [-0.25, -0.2) is 8.78 Å². The quantitative estimate of drug-likeness (QED) is 0.887. The lowest BCUT2D eigenvalue weighted by molar-refractivity contribution is -0.121. The number of amides is 1. The number of hydrogen-bond donors (Lipinski definition) is 2. The molecule has 2 rings (SSSR count). The van der Waals surface area contributed by atoms with E-state index in [0.29, 0.717) is 6.54 Å². The monoisotopic (exact) mass is 282 g/mol. The van der Waals surface area contributed by atoms with Crippen molar-refractivity contribution in [3.8, 4) is 0 Å². The van der Waals surface area contributed by atoms with E-state index >= 15 is 0 Å². The molecule has 20 heavy (non-hydrogen) atoms. The first-order chi connectivity index (χ1) is 9.50. The molecule has 2 N–H and O–H groups in total. The highest BCUT2D eigenvalue weighted by Crippen LogP contribution is 2.24. The van der Waals surface area contributed by atoms with E-state index in [1.165, 1.54) is 6.07 Å².